The van der Waals surface area contributed by atoms with Crippen LogP contribution in [0.5, 0.6) is 0 Å². The van der Waals surface area contributed by atoms with Gasteiger partial charge in [-0.1, -0.05) is 6.07 Å². The third-order valence-corrected chi connectivity index (χ3v) is 2.54. The Balaban J connectivity index is 2.24. The van der Waals surface area contributed by atoms with Crippen LogP contribution in [-0.2, 0) is 12.8 Å². The van der Waals surface area contributed by atoms with Crippen LogP contribution in [0.2, 0.25) is 0 Å². The quantitative estimate of drug-likeness (QED) is 0.703. The Kier molecular flexibility index (Phi) is 2.74. The second kappa shape index (κ2) is 4.01. The highest BCUT2D eigenvalue weighted by atomic mass is 32.1. The van der Waals surface area contributed by atoms with Crippen molar-refractivity contribution in [3.63, 3.8) is 0 Å². The van der Waals surface area contributed by atoms with Gasteiger partial charge in [0.05, 0.1) is 0 Å². The Hall–Kier alpha value is -0.700. The molecule has 2 heterocycles. The molecule has 70 valence electrons. The van der Waals surface area contributed by atoms with Gasteiger partial charge in [0.15, 0.2) is 0 Å². The van der Waals surface area contributed by atoms with Gasteiger partial charge in [-0.15, -0.1) is 0 Å². The van der Waals surface area contributed by atoms with E-state index < -0.39 is 0 Å². The lowest BCUT2D eigenvalue weighted by Gasteiger charge is -2.17. The van der Waals surface area contributed by atoms with E-state index in [0.29, 0.717) is 0 Å². The third kappa shape index (κ3) is 1.97. The van der Waals surface area contributed by atoms with Gasteiger partial charge in [-0.25, -0.2) is 4.98 Å². The highest BCUT2D eigenvalue weighted by Gasteiger charge is 2.09. The van der Waals surface area contributed by atoms with Crippen molar-refractivity contribution in [1.82, 2.24) is 4.98 Å². The molecule has 0 saturated heterocycles. The first-order valence-electron chi connectivity index (χ1n) is 4.73. The molecule has 0 bridgehead atoms. The average Bonchev–Trinajstić information content (AvgIpc) is 2.18. The molecule has 3 heteroatoms. The summed E-state index contributed by atoms with van der Waals surface area (Å²) in [7, 11) is 0. The monoisotopic (exact) mass is 194 g/mol. The van der Waals surface area contributed by atoms with Crippen molar-refractivity contribution in [3.05, 3.63) is 23.4 Å². The standard InChI is InChI=1S/C10H14N2S/c13-7-5-9-4-3-8-2-1-6-11-10(8)12-9/h3-4,13H,1-2,5-7H2,(H,11,12). The predicted molar refractivity (Wildman–Crippen MR) is 58.6 cm³/mol. The zero-order chi connectivity index (χ0) is 9.10. The van der Waals surface area contributed by atoms with Crippen molar-refractivity contribution in [2.24, 2.45) is 0 Å². The molecular formula is C10H14N2S. The number of pyridine rings is 1. The van der Waals surface area contributed by atoms with Crippen LogP contribution in [0.4, 0.5) is 5.82 Å². The molecule has 0 fully saturated rings. The largest absolute Gasteiger partial charge is 0.370 e. The first kappa shape index (κ1) is 8.88. The highest BCUT2D eigenvalue weighted by Crippen LogP contribution is 2.19. The summed E-state index contributed by atoms with van der Waals surface area (Å²) in [6.45, 7) is 1.06. The van der Waals surface area contributed by atoms with E-state index in [1.165, 1.54) is 12.0 Å². The van der Waals surface area contributed by atoms with Crippen LogP contribution in [0.1, 0.15) is 17.7 Å². The van der Waals surface area contributed by atoms with Gasteiger partial charge in [0, 0.05) is 12.2 Å². The van der Waals surface area contributed by atoms with Crippen LogP contribution in [0.3, 0.4) is 0 Å². The summed E-state index contributed by atoms with van der Waals surface area (Å²) in [6.07, 6.45) is 3.34. The van der Waals surface area contributed by atoms with E-state index in [1.54, 1.807) is 0 Å². The van der Waals surface area contributed by atoms with Crippen molar-refractivity contribution in [2.75, 3.05) is 17.6 Å². The van der Waals surface area contributed by atoms with Gasteiger partial charge in [-0.2, -0.15) is 12.6 Å². The first-order valence-corrected chi connectivity index (χ1v) is 5.37. The van der Waals surface area contributed by atoms with Crippen LogP contribution in [-0.4, -0.2) is 17.3 Å². The number of rotatable bonds is 2. The summed E-state index contributed by atoms with van der Waals surface area (Å²) >= 11 is 4.20. The SMILES string of the molecule is SCCc1ccc2c(n1)NCCC2. The number of hydrogen-bond donors (Lipinski definition) is 2. The van der Waals surface area contributed by atoms with Crippen LogP contribution in [0, 0.1) is 0 Å². The fraction of sp³-hybridized carbons (Fsp3) is 0.500. The topological polar surface area (TPSA) is 24.9 Å². The molecule has 1 N–H and O–H groups in total. The Morgan fingerprint density at radius 3 is 3.23 bits per heavy atom. The molecule has 0 aromatic carbocycles. The first-order chi connectivity index (χ1) is 6.40. The van der Waals surface area contributed by atoms with Crippen molar-refractivity contribution >= 4 is 18.4 Å². The summed E-state index contributed by atoms with van der Waals surface area (Å²) in [5, 5.41) is 3.33. The molecule has 0 aliphatic carbocycles. The lowest BCUT2D eigenvalue weighted by Crippen LogP contribution is -2.14. The van der Waals surface area contributed by atoms with Gasteiger partial charge in [0.1, 0.15) is 5.82 Å². The summed E-state index contributed by atoms with van der Waals surface area (Å²) in [4.78, 5) is 4.54. The maximum absolute atomic E-state index is 4.54. The number of hydrogen-bond acceptors (Lipinski definition) is 3. The number of nitrogens with one attached hydrogen (secondary N) is 1. The van der Waals surface area contributed by atoms with Crippen LogP contribution in [0.25, 0.3) is 0 Å². The van der Waals surface area contributed by atoms with Crippen molar-refractivity contribution in [3.8, 4) is 0 Å². The molecule has 1 aliphatic rings. The maximum atomic E-state index is 4.54. The minimum absolute atomic E-state index is 0.867. The molecule has 0 atom stereocenters. The molecule has 0 amide bonds. The smallest absolute Gasteiger partial charge is 0.129 e. The van der Waals surface area contributed by atoms with Gasteiger partial charge < -0.3 is 5.32 Å². The molecule has 2 nitrogen and oxygen atoms in total. The zero-order valence-corrected chi connectivity index (χ0v) is 8.48. The molecule has 1 aromatic rings. The van der Waals surface area contributed by atoms with Crippen molar-refractivity contribution in [1.29, 1.82) is 0 Å². The number of aryl methyl sites for hydroxylation is 2. The summed E-state index contributed by atoms with van der Waals surface area (Å²) in [5.41, 5.74) is 2.50. The lowest BCUT2D eigenvalue weighted by atomic mass is 10.1. The van der Waals surface area contributed by atoms with Gasteiger partial charge in [-0.3, -0.25) is 0 Å². The Bertz CT molecular complexity index is 299. The summed E-state index contributed by atoms with van der Waals surface area (Å²) < 4.78 is 0. The molecule has 1 aromatic heterocycles. The van der Waals surface area contributed by atoms with E-state index in [4.69, 9.17) is 0 Å². The summed E-state index contributed by atoms with van der Waals surface area (Å²) in [6, 6.07) is 4.30. The summed E-state index contributed by atoms with van der Waals surface area (Å²) in [5.74, 6) is 1.96. The molecular weight excluding hydrogens is 180 g/mol. The van der Waals surface area contributed by atoms with E-state index in [9.17, 15) is 0 Å². The maximum Gasteiger partial charge on any atom is 0.129 e. The number of anilines is 1. The van der Waals surface area contributed by atoms with Crippen LogP contribution >= 0.6 is 12.6 Å². The predicted octanol–water partition coefficient (Wildman–Crippen LogP) is 1.91. The molecule has 0 unspecified atom stereocenters. The lowest BCUT2D eigenvalue weighted by molar-refractivity contribution is 0.811. The van der Waals surface area contributed by atoms with Crippen molar-refractivity contribution < 1.29 is 0 Å². The van der Waals surface area contributed by atoms with Gasteiger partial charge in [-0.05, 0) is 36.6 Å². The second-order valence-electron chi connectivity index (χ2n) is 3.31. The normalized spacial score (nSPS) is 14.8. The molecule has 0 saturated carbocycles. The minimum atomic E-state index is 0.867. The zero-order valence-electron chi connectivity index (χ0n) is 7.58. The second-order valence-corrected chi connectivity index (χ2v) is 3.76. The Morgan fingerprint density at radius 1 is 1.46 bits per heavy atom. The molecule has 2 rings (SSSR count). The van der Waals surface area contributed by atoms with E-state index >= 15 is 0 Å². The van der Waals surface area contributed by atoms with Gasteiger partial charge >= 0.3 is 0 Å². The third-order valence-electron chi connectivity index (χ3n) is 2.32. The van der Waals surface area contributed by atoms with Crippen LogP contribution in [0.15, 0.2) is 12.1 Å². The number of aromatic nitrogens is 1. The number of thiol groups is 1. The highest BCUT2D eigenvalue weighted by molar-refractivity contribution is 7.80. The average molecular weight is 194 g/mol. The Morgan fingerprint density at radius 2 is 2.38 bits per heavy atom. The molecule has 0 spiro atoms. The fourth-order valence-electron chi connectivity index (χ4n) is 1.62. The minimum Gasteiger partial charge on any atom is -0.370 e. The van der Waals surface area contributed by atoms with E-state index in [-0.39, 0.29) is 0 Å². The number of fused-ring (bicyclic) bond motifs is 1. The Labute approximate surface area is 84.2 Å². The van der Waals surface area contributed by atoms with Gasteiger partial charge in [0.25, 0.3) is 0 Å². The van der Waals surface area contributed by atoms with E-state index in [0.717, 1.165) is 36.7 Å². The van der Waals surface area contributed by atoms with Crippen molar-refractivity contribution in [2.45, 2.75) is 19.3 Å². The number of nitrogens with zero attached hydrogens (tertiary/aromatic N) is 1. The fourth-order valence-corrected chi connectivity index (χ4v) is 1.85. The van der Waals surface area contributed by atoms with E-state index in [2.05, 4.69) is 35.1 Å². The van der Waals surface area contributed by atoms with Crippen LogP contribution < -0.4 is 5.32 Å². The van der Waals surface area contributed by atoms with E-state index in [1.807, 2.05) is 0 Å². The van der Waals surface area contributed by atoms with Gasteiger partial charge in [0.2, 0.25) is 0 Å². The molecule has 0 radical (unpaired) electrons. The molecule has 1 aliphatic heterocycles. The molecule has 13 heavy (non-hydrogen) atoms.